The third kappa shape index (κ3) is 2.17. The van der Waals surface area contributed by atoms with Gasteiger partial charge in [-0.05, 0) is 19.3 Å². The first-order chi connectivity index (χ1) is 7.72. The summed E-state index contributed by atoms with van der Waals surface area (Å²) in [5.41, 5.74) is 0.255. The Morgan fingerprint density at radius 2 is 2.50 bits per heavy atom. The van der Waals surface area contributed by atoms with Gasteiger partial charge in [0.05, 0.1) is 10.8 Å². The molecule has 0 saturated carbocycles. The zero-order chi connectivity index (χ0) is 11.5. The number of halogens is 1. The van der Waals surface area contributed by atoms with Gasteiger partial charge in [-0.15, -0.1) is 11.6 Å². The highest BCUT2D eigenvalue weighted by Gasteiger charge is 2.23. The summed E-state index contributed by atoms with van der Waals surface area (Å²) in [6, 6.07) is 0. The lowest BCUT2D eigenvalue weighted by Gasteiger charge is -2.22. The molecule has 1 aromatic heterocycles. The number of ether oxygens (including phenoxy) is 1. The summed E-state index contributed by atoms with van der Waals surface area (Å²) in [6.45, 7) is 0.675. The second kappa shape index (κ2) is 4.80. The van der Waals surface area contributed by atoms with Crippen molar-refractivity contribution in [3.05, 3.63) is 22.0 Å². The van der Waals surface area contributed by atoms with E-state index in [0.29, 0.717) is 12.3 Å². The van der Waals surface area contributed by atoms with Crippen LogP contribution in [0, 0.1) is 10.1 Å². The van der Waals surface area contributed by atoms with Crippen LogP contribution in [0.1, 0.15) is 31.2 Å². The minimum absolute atomic E-state index is 0.0377. The van der Waals surface area contributed by atoms with Crippen molar-refractivity contribution in [2.45, 2.75) is 31.4 Å². The summed E-state index contributed by atoms with van der Waals surface area (Å²) in [5.74, 6) is 0.0377. The average molecular weight is 246 g/mol. The maximum atomic E-state index is 10.7. The highest BCUT2D eigenvalue weighted by molar-refractivity contribution is 6.17. The molecule has 1 aliphatic heterocycles. The van der Waals surface area contributed by atoms with Gasteiger partial charge >= 0.3 is 5.69 Å². The third-order valence-electron chi connectivity index (χ3n) is 2.56. The van der Waals surface area contributed by atoms with E-state index in [1.165, 1.54) is 10.9 Å². The minimum atomic E-state index is -0.468. The summed E-state index contributed by atoms with van der Waals surface area (Å²) < 4.78 is 7.00. The Balaban J connectivity index is 2.24. The summed E-state index contributed by atoms with van der Waals surface area (Å²) >= 11 is 5.61. The van der Waals surface area contributed by atoms with Crippen LogP contribution in [0.5, 0.6) is 0 Å². The third-order valence-corrected chi connectivity index (χ3v) is 2.81. The maximum absolute atomic E-state index is 10.7. The maximum Gasteiger partial charge on any atom is 0.311 e. The molecule has 0 N–H and O–H groups in total. The molecule has 7 heteroatoms. The molecule has 0 radical (unpaired) electrons. The van der Waals surface area contributed by atoms with Crippen LogP contribution in [-0.2, 0) is 10.6 Å². The molecule has 1 aliphatic rings. The smallest absolute Gasteiger partial charge is 0.311 e. The molecule has 6 nitrogen and oxygen atoms in total. The van der Waals surface area contributed by atoms with Crippen molar-refractivity contribution in [2.75, 3.05) is 6.61 Å². The molecule has 0 spiro atoms. The lowest BCUT2D eigenvalue weighted by atomic mass is 10.2. The monoisotopic (exact) mass is 245 g/mol. The fraction of sp³-hybridized carbons (Fsp3) is 0.667. The zero-order valence-electron chi connectivity index (χ0n) is 8.63. The second-order valence-electron chi connectivity index (χ2n) is 3.65. The van der Waals surface area contributed by atoms with Crippen LogP contribution >= 0.6 is 11.6 Å². The van der Waals surface area contributed by atoms with Gasteiger partial charge in [-0.3, -0.25) is 10.1 Å². The van der Waals surface area contributed by atoms with Gasteiger partial charge in [0.1, 0.15) is 12.4 Å². The quantitative estimate of drug-likeness (QED) is 0.465. The van der Waals surface area contributed by atoms with E-state index in [4.69, 9.17) is 16.3 Å². The molecular formula is C9H12ClN3O3. The van der Waals surface area contributed by atoms with Gasteiger partial charge in [-0.1, -0.05) is 0 Å². The van der Waals surface area contributed by atoms with Gasteiger partial charge in [0.25, 0.3) is 0 Å². The van der Waals surface area contributed by atoms with Gasteiger partial charge in [0.15, 0.2) is 5.69 Å². The van der Waals surface area contributed by atoms with Crippen molar-refractivity contribution in [2.24, 2.45) is 0 Å². The van der Waals surface area contributed by atoms with Crippen molar-refractivity contribution in [3.63, 3.8) is 0 Å². The molecule has 0 bridgehead atoms. The largest absolute Gasteiger partial charge is 0.357 e. The summed E-state index contributed by atoms with van der Waals surface area (Å²) in [6.07, 6.45) is 4.12. The standard InChI is InChI=1S/C9H12ClN3O3/c10-5-7-8(13(14)15)6-12(11-7)9-3-1-2-4-16-9/h6,9H,1-5H2. The molecule has 0 amide bonds. The number of rotatable bonds is 3. The number of nitrogens with zero attached hydrogens (tertiary/aromatic N) is 3. The topological polar surface area (TPSA) is 70.2 Å². The molecule has 1 fully saturated rings. The number of alkyl halides is 1. The van der Waals surface area contributed by atoms with Gasteiger partial charge in [0.2, 0.25) is 0 Å². The Morgan fingerprint density at radius 1 is 1.69 bits per heavy atom. The summed E-state index contributed by atoms with van der Waals surface area (Å²) in [4.78, 5) is 10.3. The minimum Gasteiger partial charge on any atom is -0.357 e. The Labute approximate surface area is 97.3 Å². The van der Waals surface area contributed by atoms with Crippen LogP contribution in [0.25, 0.3) is 0 Å². The van der Waals surface area contributed by atoms with E-state index in [2.05, 4.69) is 5.10 Å². The van der Waals surface area contributed by atoms with Gasteiger partial charge < -0.3 is 4.74 Å². The molecule has 0 aliphatic carbocycles. The first-order valence-electron chi connectivity index (χ1n) is 5.12. The van der Waals surface area contributed by atoms with Crippen molar-refractivity contribution >= 4 is 17.3 Å². The van der Waals surface area contributed by atoms with Crippen LogP contribution in [0.2, 0.25) is 0 Å². The fourth-order valence-corrected chi connectivity index (χ4v) is 1.94. The van der Waals surface area contributed by atoms with Crippen molar-refractivity contribution in [1.29, 1.82) is 0 Å². The number of hydrogen-bond donors (Lipinski definition) is 0. The molecule has 1 aromatic rings. The number of nitro groups is 1. The molecule has 2 rings (SSSR count). The number of aromatic nitrogens is 2. The molecule has 88 valence electrons. The SMILES string of the molecule is O=[N+]([O-])c1cn(C2CCCCO2)nc1CCl. The number of hydrogen-bond acceptors (Lipinski definition) is 4. The Bertz CT molecular complexity index is 387. The molecule has 1 atom stereocenters. The fourth-order valence-electron chi connectivity index (χ4n) is 1.75. The predicted molar refractivity (Wildman–Crippen MR) is 57.3 cm³/mol. The average Bonchev–Trinajstić information content (AvgIpc) is 2.74. The first kappa shape index (κ1) is 11.3. The Morgan fingerprint density at radius 3 is 3.00 bits per heavy atom. The molecule has 0 aromatic carbocycles. The van der Waals surface area contributed by atoms with E-state index in [9.17, 15) is 10.1 Å². The highest BCUT2D eigenvalue weighted by atomic mass is 35.5. The molecule has 16 heavy (non-hydrogen) atoms. The normalized spacial score (nSPS) is 20.9. The van der Waals surface area contributed by atoms with Crippen molar-refractivity contribution in [1.82, 2.24) is 9.78 Å². The first-order valence-corrected chi connectivity index (χ1v) is 5.66. The van der Waals surface area contributed by atoms with E-state index < -0.39 is 4.92 Å². The van der Waals surface area contributed by atoms with Crippen molar-refractivity contribution in [3.8, 4) is 0 Å². The molecule has 2 heterocycles. The van der Waals surface area contributed by atoms with E-state index in [0.717, 1.165) is 19.3 Å². The zero-order valence-corrected chi connectivity index (χ0v) is 9.39. The van der Waals surface area contributed by atoms with E-state index in [1.54, 1.807) is 0 Å². The van der Waals surface area contributed by atoms with Crippen molar-refractivity contribution < 1.29 is 9.66 Å². The summed E-state index contributed by atoms with van der Waals surface area (Å²) in [5, 5.41) is 14.8. The molecule has 1 unspecified atom stereocenters. The summed E-state index contributed by atoms with van der Waals surface area (Å²) in [7, 11) is 0. The van der Waals surface area contributed by atoms with Gasteiger partial charge in [-0.2, -0.15) is 5.10 Å². The van der Waals surface area contributed by atoms with Gasteiger partial charge in [-0.25, -0.2) is 4.68 Å². The van der Waals surface area contributed by atoms with Crippen LogP contribution in [0.4, 0.5) is 5.69 Å². The molecule has 1 saturated heterocycles. The predicted octanol–water partition coefficient (Wildman–Crippen LogP) is 2.23. The van der Waals surface area contributed by atoms with Crippen LogP contribution in [0.3, 0.4) is 0 Å². The van der Waals surface area contributed by atoms with E-state index >= 15 is 0 Å². The van der Waals surface area contributed by atoms with Crippen LogP contribution in [-0.4, -0.2) is 21.3 Å². The van der Waals surface area contributed by atoms with E-state index in [1.807, 2.05) is 0 Å². The Hall–Kier alpha value is -1.14. The van der Waals surface area contributed by atoms with Gasteiger partial charge in [0, 0.05) is 6.61 Å². The van der Waals surface area contributed by atoms with E-state index in [-0.39, 0.29) is 17.8 Å². The van der Waals surface area contributed by atoms with Crippen LogP contribution < -0.4 is 0 Å². The highest BCUT2D eigenvalue weighted by Crippen LogP contribution is 2.26. The lowest BCUT2D eigenvalue weighted by molar-refractivity contribution is -0.385. The van der Waals surface area contributed by atoms with Crippen LogP contribution in [0.15, 0.2) is 6.20 Å². The second-order valence-corrected chi connectivity index (χ2v) is 3.92. The lowest BCUT2D eigenvalue weighted by Crippen LogP contribution is -2.18. The Kier molecular flexibility index (Phi) is 3.40. The molecular weight excluding hydrogens is 234 g/mol.